The van der Waals surface area contributed by atoms with Crippen LogP contribution in [0.1, 0.15) is 46.2 Å². The van der Waals surface area contributed by atoms with E-state index in [0.29, 0.717) is 12.4 Å². The van der Waals surface area contributed by atoms with Crippen LogP contribution in [0.2, 0.25) is 0 Å². The lowest BCUT2D eigenvalue weighted by Crippen LogP contribution is -2.50. The minimum absolute atomic E-state index is 0.271. The van der Waals surface area contributed by atoms with Crippen LogP contribution in [0.15, 0.2) is 82.8 Å². The average molecular weight is 576 g/mol. The topological polar surface area (TPSA) is 73.7 Å². The highest BCUT2D eigenvalue weighted by atomic mass is 16.7. The van der Waals surface area contributed by atoms with Crippen LogP contribution in [0.25, 0.3) is 0 Å². The zero-order chi connectivity index (χ0) is 30.0. The lowest BCUT2D eigenvalue weighted by Gasteiger charge is -2.29. The third kappa shape index (κ3) is 6.13. The van der Waals surface area contributed by atoms with Gasteiger partial charge in [0.25, 0.3) is 0 Å². The first-order valence-corrected chi connectivity index (χ1v) is 14.6. The second-order valence-electron chi connectivity index (χ2n) is 11.4. The number of hydroxylamine groups is 1. The molecule has 7 heteroatoms. The zero-order valence-electron chi connectivity index (χ0n) is 25.3. The van der Waals surface area contributed by atoms with E-state index in [1.807, 2.05) is 67.9 Å². The van der Waals surface area contributed by atoms with E-state index < -0.39 is 5.60 Å². The Labute approximate surface area is 253 Å². The molecule has 2 aliphatic rings. The Kier molecular flexibility index (Phi) is 7.91. The SMILES string of the molecule is COc1ccccc1N=Cc1cc(C)cc(C)c1OC[C@H]1NOc2c(C)cc(C)cc2C=Nc2ccccc2OC12CC2. The van der Waals surface area contributed by atoms with Gasteiger partial charge < -0.3 is 19.0 Å². The molecule has 1 atom stereocenters. The van der Waals surface area contributed by atoms with Gasteiger partial charge in [-0.15, -0.1) is 5.48 Å². The maximum atomic E-state index is 6.71. The fourth-order valence-corrected chi connectivity index (χ4v) is 5.62. The first-order valence-electron chi connectivity index (χ1n) is 14.6. The van der Waals surface area contributed by atoms with Gasteiger partial charge in [0.05, 0.1) is 7.11 Å². The summed E-state index contributed by atoms with van der Waals surface area (Å²) in [6.07, 6.45) is 5.42. The minimum atomic E-state index is -0.501. The Balaban J connectivity index is 1.33. The normalized spacial score (nSPS) is 16.9. The number of nitrogens with one attached hydrogen (secondary N) is 1. The number of methoxy groups -OCH3 is 1. The second kappa shape index (κ2) is 11.9. The van der Waals surface area contributed by atoms with Crippen LogP contribution in [-0.2, 0) is 0 Å². The molecule has 0 saturated heterocycles. The van der Waals surface area contributed by atoms with Crippen LogP contribution in [-0.4, -0.2) is 37.8 Å². The molecule has 0 radical (unpaired) electrons. The standard InChI is InChI=1S/C36H37N3O4/c1-23-16-25(3)34(27(18-23)20-37-29-10-6-8-12-31(29)40-5)41-22-33-36(14-15-36)42-32-13-9-7-11-30(32)38-21-28-19-24(2)17-26(4)35(28)43-39-33/h6-13,16-21,33,39H,14-15,22H2,1-5H3/t33-/m1/s1. The molecule has 1 N–H and O–H groups in total. The van der Waals surface area contributed by atoms with Gasteiger partial charge in [-0.25, -0.2) is 0 Å². The molecule has 0 aromatic heterocycles. The van der Waals surface area contributed by atoms with E-state index in [0.717, 1.165) is 74.8 Å². The molecule has 1 saturated carbocycles. The van der Waals surface area contributed by atoms with Crippen LogP contribution in [0.5, 0.6) is 23.0 Å². The summed E-state index contributed by atoms with van der Waals surface area (Å²) in [7, 11) is 1.65. The molecule has 220 valence electrons. The molecule has 4 aromatic rings. The van der Waals surface area contributed by atoms with Crippen molar-refractivity contribution in [2.45, 2.75) is 52.2 Å². The highest BCUT2D eigenvalue weighted by Gasteiger charge is 2.54. The number of aryl methyl sites for hydroxylation is 4. The summed E-state index contributed by atoms with van der Waals surface area (Å²) >= 11 is 0. The van der Waals surface area contributed by atoms with E-state index >= 15 is 0 Å². The van der Waals surface area contributed by atoms with Gasteiger partial charge in [-0.05, 0) is 99.2 Å². The predicted molar refractivity (Wildman–Crippen MR) is 171 cm³/mol. The minimum Gasteiger partial charge on any atom is -0.494 e. The van der Waals surface area contributed by atoms with Crippen molar-refractivity contribution < 1.29 is 19.0 Å². The Morgan fingerprint density at radius 1 is 0.953 bits per heavy atom. The number of para-hydroxylation sites is 4. The summed E-state index contributed by atoms with van der Waals surface area (Å²) < 4.78 is 18.8. The van der Waals surface area contributed by atoms with Crippen LogP contribution in [0.3, 0.4) is 0 Å². The van der Waals surface area contributed by atoms with Crippen molar-refractivity contribution in [2.75, 3.05) is 13.7 Å². The molecule has 7 nitrogen and oxygen atoms in total. The van der Waals surface area contributed by atoms with E-state index in [2.05, 4.69) is 50.5 Å². The zero-order valence-corrected chi connectivity index (χ0v) is 25.3. The number of rotatable bonds is 6. The lowest BCUT2D eigenvalue weighted by atomic mass is 10.1. The molecule has 4 aromatic carbocycles. The largest absolute Gasteiger partial charge is 0.494 e. The van der Waals surface area contributed by atoms with Gasteiger partial charge in [-0.2, -0.15) is 0 Å². The molecule has 1 heterocycles. The van der Waals surface area contributed by atoms with Gasteiger partial charge in [0.2, 0.25) is 0 Å². The van der Waals surface area contributed by atoms with Gasteiger partial charge in [-0.1, -0.05) is 36.4 Å². The third-order valence-corrected chi connectivity index (χ3v) is 7.92. The summed E-state index contributed by atoms with van der Waals surface area (Å²) in [5, 5.41) is 0. The first-order chi connectivity index (χ1) is 20.8. The number of nitrogens with zero attached hydrogens (tertiary/aromatic N) is 2. The number of hydrogen-bond acceptors (Lipinski definition) is 7. The number of aliphatic imine (C=N–C) groups is 2. The number of benzene rings is 4. The molecular weight excluding hydrogens is 538 g/mol. The van der Waals surface area contributed by atoms with Crippen molar-refractivity contribution in [1.29, 1.82) is 0 Å². The summed E-state index contributed by atoms with van der Waals surface area (Å²) in [6.45, 7) is 8.58. The Morgan fingerprint density at radius 3 is 2.51 bits per heavy atom. The van der Waals surface area contributed by atoms with E-state index in [4.69, 9.17) is 29.0 Å². The van der Waals surface area contributed by atoms with Gasteiger partial charge in [0.15, 0.2) is 5.75 Å². The highest BCUT2D eigenvalue weighted by molar-refractivity contribution is 5.88. The van der Waals surface area contributed by atoms with E-state index in [1.165, 1.54) is 0 Å². The van der Waals surface area contributed by atoms with Crippen molar-refractivity contribution in [2.24, 2.45) is 9.98 Å². The number of hydrogen-bond donors (Lipinski definition) is 1. The molecule has 0 bridgehead atoms. The molecule has 0 unspecified atom stereocenters. The van der Waals surface area contributed by atoms with Crippen LogP contribution < -0.4 is 24.5 Å². The molecule has 1 aliphatic carbocycles. The monoisotopic (exact) mass is 575 g/mol. The van der Waals surface area contributed by atoms with E-state index in [9.17, 15) is 0 Å². The third-order valence-electron chi connectivity index (χ3n) is 7.92. The van der Waals surface area contributed by atoms with Crippen molar-refractivity contribution >= 4 is 23.8 Å². The number of fused-ring (bicyclic) bond motifs is 2. The van der Waals surface area contributed by atoms with Crippen molar-refractivity contribution in [3.8, 4) is 23.0 Å². The second-order valence-corrected chi connectivity index (χ2v) is 11.4. The summed E-state index contributed by atoms with van der Waals surface area (Å²) in [5.41, 5.74) is 10.5. The Morgan fingerprint density at radius 2 is 1.70 bits per heavy atom. The first kappa shape index (κ1) is 28.5. The molecule has 0 amide bonds. The van der Waals surface area contributed by atoms with Gasteiger partial charge in [0.1, 0.15) is 46.9 Å². The van der Waals surface area contributed by atoms with Gasteiger partial charge >= 0.3 is 0 Å². The fourth-order valence-electron chi connectivity index (χ4n) is 5.62. The van der Waals surface area contributed by atoms with Crippen LogP contribution in [0, 0.1) is 27.7 Å². The summed E-state index contributed by atoms with van der Waals surface area (Å²) in [6, 6.07) is 23.7. The predicted octanol–water partition coefficient (Wildman–Crippen LogP) is 7.69. The molecule has 43 heavy (non-hydrogen) atoms. The Hall–Kier alpha value is -4.62. The van der Waals surface area contributed by atoms with Gasteiger partial charge in [-0.3, -0.25) is 9.98 Å². The maximum Gasteiger partial charge on any atom is 0.158 e. The Bertz CT molecular complexity index is 1710. The smallest absolute Gasteiger partial charge is 0.158 e. The fraction of sp³-hybridized carbons (Fsp3) is 0.278. The van der Waals surface area contributed by atoms with E-state index in [1.54, 1.807) is 7.11 Å². The lowest BCUT2D eigenvalue weighted by molar-refractivity contribution is 0.0299. The molecule has 1 spiro atoms. The molecule has 1 fully saturated rings. The van der Waals surface area contributed by atoms with Crippen molar-refractivity contribution in [1.82, 2.24) is 5.48 Å². The summed E-state index contributed by atoms with van der Waals surface area (Å²) in [5.74, 6) is 2.97. The summed E-state index contributed by atoms with van der Waals surface area (Å²) in [4.78, 5) is 15.9. The average Bonchev–Trinajstić information content (AvgIpc) is 3.77. The van der Waals surface area contributed by atoms with Crippen molar-refractivity contribution in [3.05, 3.63) is 106 Å². The quantitative estimate of drug-likeness (QED) is 0.239. The van der Waals surface area contributed by atoms with E-state index in [-0.39, 0.29) is 6.04 Å². The molecular formula is C36H37N3O4. The highest BCUT2D eigenvalue weighted by Crippen LogP contribution is 2.46. The molecule has 6 rings (SSSR count). The van der Waals surface area contributed by atoms with Gasteiger partial charge in [0, 0.05) is 23.6 Å². The number of ether oxygens (including phenoxy) is 3. The van der Waals surface area contributed by atoms with Crippen molar-refractivity contribution in [3.63, 3.8) is 0 Å². The van der Waals surface area contributed by atoms with Crippen LogP contribution >= 0.6 is 0 Å². The maximum absolute atomic E-state index is 6.71. The molecule has 1 aliphatic heterocycles. The van der Waals surface area contributed by atoms with Crippen LogP contribution in [0.4, 0.5) is 11.4 Å².